The van der Waals surface area contributed by atoms with Gasteiger partial charge in [0.2, 0.25) is 0 Å². The van der Waals surface area contributed by atoms with E-state index in [9.17, 15) is 0 Å². The van der Waals surface area contributed by atoms with Crippen LogP contribution in [0.3, 0.4) is 0 Å². The van der Waals surface area contributed by atoms with Gasteiger partial charge in [-0.2, -0.15) is 0 Å². The molecule has 0 radical (unpaired) electrons. The molecule has 0 N–H and O–H groups in total. The van der Waals surface area contributed by atoms with Gasteiger partial charge >= 0.3 is 47.5 Å². The van der Waals surface area contributed by atoms with Crippen LogP contribution < -0.4 is 0 Å². The Morgan fingerprint density at radius 2 is 2.50 bits per heavy atom. The van der Waals surface area contributed by atoms with Crippen molar-refractivity contribution in [1.29, 1.82) is 0 Å². The first-order chi connectivity index (χ1) is 2.91. The summed E-state index contributed by atoms with van der Waals surface area (Å²) in [7, 11) is -0.0600. The second-order valence-corrected chi connectivity index (χ2v) is 4.09. The van der Waals surface area contributed by atoms with Gasteiger partial charge in [-0.1, -0.05) is 0 Å². The molecule has 0 aromatic rings. The third-order valence-electron chi connectivity index (χ3n) is 0.451. The summed E-state index contributed by atoms with van der Waals surface area (Å²) in [6.07, 6.45) is 0. The molecule has 0 unspecified atom stereocenters. The van der Waals surface area contributed by atoms with Crippen LogP contribution in [-0.2, 0) is 3.48 Å². The molecule has 0 saturated heterocycles. The summed E-state index contributed by atoms with van der Waals surface area (Å²) < 4.78 is 5.20. The second kappa shape index (κ2) is 5.71. The van der Waals surface area contributed by atoms with Crippen LogP contribution in [0.1, 0.15) is 6.92 Å². The third-order valence-corrected chi connectivity index (χ3v) is 3.06. The average Bonchev–Trinajstić information content (AvgIpc) is 1.61. The quantitative estimate of drug-likeness (QED) is 0.379. The van der Waals surface area contributed by atoms with Crippen LogP contribution in [0.5, 0.6) is 0 Å². The molecular formula is C3H10AlOSi+. The topological polar surface area (TPSA) is 9.23 Å². The molecule has 0 aromatic carbocycles. The summed E-state index contributed by atoms with van der Waals surface area (Å²) in [5.74, 6) is 0. The molecule has 0 spiro atoms. The van der Waals surface area contributed by atoms with Crippen LogP contribution in [-0.4, -0.2) is 25.3 Å². The summed E-state index contributed by atoms with van der Waals surface area (Å²) in [5.41, 5.74) is 0. The van der Waals surface area contributed by atoms with Crippen molar-refractivity contribution >= 4 is 25.3 Å². The molecule has 1 nitrogen and oxygen atoms in total. The summed E-state index contributed by atoms with van der Waals surface area (Å²) in [6.45, 7) is 4.34. The van der Waals surface area contributed by atoms with Crippen LogP contribution in [0.4, 0.5) is 0 Å². The van der Waals surface area contributed by atoms with E-state index in [-0.39, 0.29) is 9.76 Å². The van der Waals surface area contributed by atoms with Gasteiger partial charge in [0.05, 0.1) is 0 Å². The van der Waals surface area contributed by atoms with E-state index >= 15 is 0 Å². The zero-order valence-corrected chi connectivity index (χ0v) is 6.97. The van der Waals surface area contributed by atoms with Gasteiger partial charge in [0, 0.05) is 0 Å². The predicted molar refractivity (Wildman–Crippen MR) is 31.7 cm³/mol. The van der Waals surface area contributed by atoms with Crippen LogP contribution in [0.25, 0.3) is 0 Å². The van der Waals surface area contributed by atoms with Crippen LogP contribution in [0, 0.1) is 0 Å². The van der Waals surface area contributed by atoms with Gasteiger partial charge in [0.15, 0.2) is 0 Å². The monoisotopic (exact) mass is 117 g/mol. The van der Waals surface area contributed by atoms with Gasteiger partial charge < -0.3 is 0 Å². The maximum atomic E-state index is 5.20. The Labute approximate surface area is 48.1 Å². The standard InChI is InChI=1S/C2H5.CH5OSi.Al/c1-2;1-3-2;/h1H2,2H3;3H2,1H3;/q;-1;+2. The van der Waals surface area contributed by atoms with Crippen LogP contribution >= 0.6 is 0 Å². The molecule has 0 bridgehead atoms. The summed E-state index contributed by atoms with van der Waals surface area (Å²) in [5, 5.41) is 1.25. The fraction of sp³-hybridized carbons (Fsp3) is 1.00. The van der Waals surface area contributed by atoms with Gasteiger partial charge in [-0.25, -0.2) is 0 Å². The first kappa shape index (κ1) is 6.71. The van der Waals surface area contributed by atoms with Crippen molar-refractivity contribution in [3.63, 3.8) is 0 Å². The zero-order chi connectivity index (χ0) is 4.83. The Morgan fingerprint density at radius 1 is 1.83 bits per heavy atom. The predicted octanol–water partition coefficient (Wildman–Crippen LogP) is 0.192. The summed E-state index contributed by atoms with van der Waals surface area (Å²) in [6, 6.07) is 0. The maximum absolute atomic E-state index is 5.20. The van der Waals surface area contributed by atoms with Gasteiger partial charge in [0.25, 0.3) is 0 Å². The molecule has 0 aliphatic heterocycles. The zero-order valence-electron chi connectivity index (χ0n) is 4.40. The molecule has 34 valence electrons. The van der Waals surface area contributed by atoms with Gasteiger partial charge in [-0.05, 0) is 0 Å². The van der Waals surface area contributed by atoms with E-state index in [0.717, 1.165) is 0 Å². The van der Waals surface area contributed by atoms with Crippen molar-refractivity contribution < 1.29 is 3.48 Å². The van der Waals surface area contributed by atoms with Crippen molar-refractivity contribution in [1.82, 2.24) is 0 Å². The van der Waals surface area contributed by atoms with Crippen LogP contribution in [0.2, 0.25) is 11.8 Å². The van der Waals surface area contributed by atoms with Crippen molar-refractivity contribution in [2.45, 2.75) is 18.8 Å². The first-order valence-electron chi connectivity index (χ1n) is 2.35. The van der Waals surface area contributed by atoms with E-state index in [2.05, 4.69) is 13.5 Å². The number of hydrogen-bond donors (Lipinski definition) is 0. The summed E-state index contributed by atoms with van der Waals surface area (Å²) in [4.78, 5) is 0. The Bertz CT molecular complexity index is 22.8. The Balaban J connectivity index is 2.34. The average molecular weight is 117 g/mol. The van der Waals surface area contributed by atoms with Crippen molar-refractivity contribution in [2.24, 2.45) is 0 Å². The minimum absolute atomic E-state index is 0.0600. The minimum atomic E-state index is -0.0600. The third kappa shape index (κ3) is 4.71. The molecule has 0 aromatic heterocycles. The molecule has 0 aliphatic rings. The second-order valence-electron chi connectivity index (χ2n) is 1.03. The molecule has 0 heterocycles. The fourth-order valence-corrected chi connectivity index (χ4v) is 2.12. The van der Waals surface area contributed by atoms with E-state index in [1.54, 1.807) is 0 Å². The van der Waals surface area contributed by atoms with Crippen molar-refractivity contribution in [3.05, 3.63) is 0 Å². The fourth-order valence-electron chi connectivity index (χ4n) is 0.236. The van der Waals surface area contributed by atoms with E-state index in [1.165, 1.54) is 5.28 Å². The molecule has 0 saturated carbocycles. The van der Waals surface area contributed by atoms with Gasteiger partial charge in [-0.3, -0.25) is 0 Å². The van der Waals surface area contributed by atoms with E-state index in [4.69, 9.17) is 3.48 Å². The number of hydrogen-bond acceptors (Lipinski definition) is 1. The molecule has 6 heavy (non-hydrogen) atoms. The van der Waals surface area contributed by atoms with Gasteiger partial charge in [-0.15, -0.1) is 0 Å². The van der Waals surface area contributed by atoms with Gasteiger partial charge in [0.1, 0.15) is 0 Å². The van der Waals surface area contributed by atoms with E-state index in [0.29, 0.717) is 15.6 Å². The van der Waals surface area contributed by atoms with Crippen LogP contribution in [0.15, 0.2) is 0 Å². The van der Waals surface area contributed by atoms with E-state index in [1.807, 2.05) is 0 Å². The SMILES string of the molecule is C[CH2][Al+][O][SiH2]C. The molecule has 0 atom stereocenters. The van der Waals surface area contributed by atoms with Crippen molar-refractivity contribution in [3.8, 4) is 0 Å². The summed E-state index contributed by atoms with van der Waals surface area (Å²) >= 11 is 0.380. The molecule has 0 rings (SSSR count). The molecular weight excluding hydrogens is 107 g/mol. The number of rotatable bonds is 3. The Hall–Kier alpha value is 0.709. The molecule has 0 aliphatic carbocycles. The Morgan fingerprint density at radius 3 is 2.67 bits per heavy atom. The normalized spacial score (nSPS) is 9.67. The molecule has 0 fully saturated rings. The van der Waals surface area contributed by atoms with E-state index < -0.39 is 0 Å². The molecule has 0 amide bonds. The molecule has 3 heteroatoms. The Kier molecular flexibility index (Phi) is 6.38. The first-order valence-corrected chi connectivity index (χ1v) is 5.63. The van der Waals surface area contributed by atoms with Crippen molar-refractivity contribution in [2.75, 3.05) is 0 Å².